The highest BCUT2D eigenvalue weighted by Gasteiger charge is 2.39. The van der Waals surface area contributed by atoms with Crippen molar-refractivity contribution >= 4 is 17.3 Å². The lowest BCUT2D eigenvalue weighted by Gasteiger charge is -2.14. The van der Waals surface area contributed by atoms with E-state index < -0.39 is 56.4 Å². The molecule has 12 heteroatoms. The summed E-state index contributed by atoms with van der Waals surface area (Å²) >= 11 is 5.51. The van der Waals surface area contributed by atoms with Crippen LogP contribution in [-0.2, 0) is 12.4 Å². The van der Waals surface area contributed by atoms with E-state index in [0.717, 1.165) is 6.07 Å². The van der Waals surface area contributed by atoms with Gasteiger partial charge in [-0.3, -0.25) is 10.1 Å². The lowest BCUT2D eigenvalue weighted by atomic mass is 10.1. The molecule has 26 heavy (non-hydrogen) atoms. The van der Waals surface area contributed by atoms with E-state index in [-0.39, 0.29) is 12.1 Å². The maximum Gasteiger partial charge on any atom is 0.423 e. The molecule has 0 radical (unpaired) electrons. The van der Waals surface area contributed by atoms with Crippen LogP contribution in [0.1, 0.15) is 11.1 Å². The zero-order chi connectivity index (χ0) is 19.9. The van der Waals surface area contributed by atoms with Crippen LogP contribution >= 0.6 is 11.6 Å². The van der Waals surface area contributed by atoms with Crippen molar-refractivity contribution < 1.29 is 40.4 Å². The monoisotopic (exact) mass is 403 g/mol. The number of ether oxygens (including phenoxy) is 1. The molecule has 0 heterocycles. The number of nitro benzene ring substituents is 1. The van der Waals surface area contributed by atoms with Crippen molar-refractivity contribution in [1.29, 1.82) is 0 Å². The van der Waals surface area contributed by atoms with Crippen molar-refractivity contribution in [3.8, 4) is 11.5 Å². The Balaban J connectivity index is 2.48. The molecule has 0 N–H and O–H groups in total. The third kappa shape index (κ3) is 4.15. The van der Waals surface area contributed by atoms with Crippen molar-refractivity contribution in [1.82, 2.24) is 0 Å². The van der Waals surface area contributed by atoms with Gasteiger partial charge in [0.1, 0.15) is 11.3 Å². The quantitative estimate of drug-likeness (QED) is 0.347. The maximum atomic E-state index is 13.8. The van der Waals surface area contributed by atoms with E-state index in [1.54, 1.807) is 0 Å². The number of hydrogen-bond acceptors (Lipinski definition) is 3. The van der Waals surface area contributed by atoms with Crippen molar-refractivity contribution in [2.75, 3.05) is 0 Å². The van der Waals surface area contributed by atoms with Gasteiger partial charge in [0, 0.05) is 6.07 Å². The molecule has 0 aliphatic rings. The Morgan fingerprint density at radius 1 is 1.00 bits per heavy atom. The predicted octanol–water partition coefficient (Wildman–Crippen LogP) is 6.22. The zero-order valence-corrected chi connectivity index (χ0v) is 12.8. The first-order chi connectivity index (χ1) is 11.8. The molecule has 4 nitrogen and oxygen atoms in total. The SMILES string of the molecule is O=[N+]([O-])c1ccc(Oc2c(F)cc(C(F)(F)F)cc2Cl)cc1C(F)(F)F. The molecule has 0 saturated carbocycles. The molecular formula is C14H5ClF7NO3. The highest BCUT2D eigenvalue weighted by atomic mass is 35.5. The summed E-state index contributed by atoms with van der Waals surface area (Å²) in [5.41, 5.74) is -4.38. The number of nitrogens with zero attached hydrogens (tertiary/aromatic N) is 1. The van der Waals surface area contributed by atoms with E-state index in [1.807, 2.05) is 0 Å². The standard InChI is InChI=1S/C14H5ClF7NO3/c15-9-3-6(13(17,18)19)4-10(16)12(9)26-7-1-2-11(23(24)25)8(5-7)14(20,21)22/h1-5H. The van der Waals surface area contributed by atoms with Gasteiger partial charge < -0.3 is 4.74 Å². The largest absolute Gasteiger partial charge is 0.453 e. The Bertz CT molecular complexity index is 842. The molecule has 0 atom stereocenters. The Kier molecular flexibility index (Phi) is 5.04. The molecule has 2 aromatic carbocycles. The molecule has 2 rings (SSSR count). The minimum Gasteiger partial charge on any atom is -0.453 e. The number of halogens is 8. The van der Waals surface area contributed by atoms with Crippen molar-refractivity contribution in [2.24, 2.45) is 0 Å². The first-order valence-corrected chi connectivity index (χ1v) is 6.78. The molecule has 0 fully saturated rings. The molecule has 0 spiro atoms. The summed E-state index contributed by atoms with van der Waals surface area (Å²) in [6.45, 7) is 0. The summed E-state index contributed by atoms with van der Waals surface area (Å²) in [4.78, 5) is 9.38. The van der Waals surface area contributed by atoms with Crippen LogP contribution in [0.25, 0.3) is 0 Å². The lowest BCUT2D eigenvalue weighted by Crippen LogP contribution is -2.09. The second kappa shape index (κ2) is 6.63. The Hall–Kier alpha value is -2.56. The van der Waals surface area contributed by atoms with E-state index in [9.17, 15) is 40.8 Å². The smallest absolute Gasteiger partial charge is 0.423 e. The normalized spacial score (nSPS) is 12.2. The van der Waals surface area contributed by atoms with Crippen molar-refractivity contribution in [2.45, 2.75) is 12.4 Å². The minimum atomic E-state index is -5.12. The van der Waals surface area contributed by atoms with Gasteiger partial charge in [-0.05, 0) is 24.3 Å². The van der Waals surface area contributed by atoms with Crippen LogP contribution < -0.4 is 4.74 Å². The van der Waals surface area contributed by atoms with Crippen LogP contribution in [0.15, 0.2) is 30.3 Å². The van der Waals surface area contributed by atoms with Crippen LogP contribution in [0.4, 0.5) is 36.4 Å². The number of benzene rings is 2. The molecule has 0 bridgehead atoms. The lowest BCUT2D eigenvalue weighted by molar-refractivity contribution is -0.388. The van der Waals surface area contributed by atoms with Crippen LogP contribution in [-0.4, -0.2) is 4.92 Å². The second-order valence-electron chi connectivity index (χ2n) is 4.80. The third-order valence-electron chi connectivity index (χ3n) is 3.02. The summed E-state index contributed by atoms with van der Waals surface area (Å²) in [7, 11) is 0. The summed E-state index contributed by atoms with van der Waals surface area (Å²) in [6, 6.07) is 1.79. The highest BCUT2D eigenvalue weighted by Crippen LogP contribution is 2.42. The molecule has 0 aliphatic carbocycles. The molecule has 2 aromatic rings. The van der Waals surface area contributed by atoms with Gasteiger partial charge in [-0.25, -0.2) is 4.39 Å². The number of hydrogen-bond donors (Lipinski definition) is 0. The summed E-state index contributed by atoms with van der Waals surface area (Å²) in [5, 5.41) is 9.81. The van der Waals surface area contributed by atoms with Crippen LogP contribution in [0, 0.1) is 15.9 Å². The van der Waals surface area contributed by atoms with E-state index in [2.05, 4.69) is 0 Å². The molecule has 0 unspecified atom stereocenters. The summed E-state index contributed by atoms with van der Waals surface area (Å²) in [6.07, 6.45) is -10.0. The highest BCUT2D eigenvalue weighted by molar-refractivity contribution is 6.32. The maximum absolute atomic E-state index is 13.8. The van der Waals surface area contributed by atoms with E-state index in [1.165, 1.54) is 0 Å². The van der Waals surface area contributed by atoms with Gasteiger partial charge in [0.2, 0.25) is 0 Å². The Morgan fingerprint density at radius 3 is 2.08 bits per heavy atom. The summed E-state index contributed by atoms with van der Waals surface area (Å²) in [5.74, 6) is -3.23. The van der Waals surface area contributed by atoms with Gasteiger partial charge in [-0.2, -0.15) is 26.3 Å². The number of alkyl halides is 6. The predicted molar refractivity (Wildman–Crippen MR) is 74.6 cm³/mol. The average Bonchev–Trinajstić information content (AvgIpc) is 2.48. The molecule has 0 aliphatic heterocycles. The van der Waals surface area contributed by atoms with Crippen LogP contribution in [0.2, 0.25) is 5.02 Å². The average molecular weight is 404 g/mol. The van der Waals surface area contributed by atoms with Gasteiger partial charge in [-0.15, -0.1) is 0 Å². The number of rotatable bonds is 3. The zero-order valence-electron chi connectivity index (χ0n) is 12.1. The fourth-order valence-electron chi connectivity index (χ4n) is 1.90. The summed E-state index contributed by atoms with van der Waals surface area (Å²) < 4.78 is 94.9. The molecule has 0 aromatic heterocycles. The third-order valence-corrected chi connectivity index (χ3v) is 3.30. The van der Waals surface area contributed by atoms with Crippen LogP contribution in [0.5, 0.6) is 11.5 Å². The first kappa shape index (κ1) is 19.8. The van der Waals surface area contributed by atoms with Gasteiger partial charge in [0.25, 0.3) is 5.69 Å². The van der Waals surface area contributed by atoms with Gasteiger partial charge in [-0.1, -0.05) is 11.6 Å². The van der Waals surface area contributed by atoms with Gasteiger partial charge in [0.15, 0.2) is 11.6 Å². The Labute approximate surface area is 144 Å². The topological polar surface area (TPSA) is 52.4 Å². The minimum absolute atomic E-state index is 0.0529. The molecule has 140 valence electrons. The molecular weight excluding hydrogens is 399 g/mol. The molecule has 0 amide bonds. The fraction of sp³-hybridized carbons (Fsp3) is 0.143. The Morgan fingerprint density at radius 2 is 1.62 bits per heavy atom. The second-order valence-corrected chi connectivity index (χ2v) is 5.21. The first-order valence-electron chi connectivity index (χ1n) is 6.40. The van der Waals surface area contributed by atoms with Crippen molar-refractivity contribution in [3.05, 3.63) is 62.4 Å². The van der Waals surface area contributed by atoms with Gasteiger partial charge >= 0.3 is 12.4 Å². The van der Waals surface area contributed by atoms with E-state index in [4.69, 9.17) is 16.3 Å². The number of nitro groups is 1. The van der Waals surface area contributed by atoms with Crippen molar-refractivity contribution in [3.63, 3.8) is 0 Å². The molecule has 0 saturated heterocycles. The van der Waals surface area contributed by atoms with Gasteiger partial charge in [0.05, 0.1) is 15.5 Å². The van der Waals surface area contributed by atoms with E-state index in [0.29, 0.717) is 12.1 Å². The fourth-order valence-corrected chi connectivity index (χ4v) is 2.15. The van der Waals surface area contributed by atoms with E-state index >= 15 is 0 Å². The van der Waals surface area contributed by atoms with Crippen LogP contribution in [0.3, 0.4) is 0 Å².